The van der Waals surface area contributed by atoms with Crippen LogP contribution < -0.4 is 5.32 Å². The van der Waals surface area contributed by atoms with Gasteiger partial charge in [-0.1, -0.05) is 28.7 Å². The van der Waals surface area contributed by atoms with Crippen LogP contribution in [0.4, 0.5) is 5.13 Å². The fourth-order valence-corrected chi connectivity index (χ4v) is 4.68. The van der Waals surface area contributed by atoms with Crippen molar-refractivity contribution >= 4 is 43.3 Å². The number of thiazole rings is 1. The van der Waals surface area contributed by atoms with Gasteiger partial charge in [0, 0.05) is 40.7 Å². The largest absolute Gasteiger partial charge is 0.360 e. The standard InChI is InChI=1S/C20H18N4O4S2/c1-24(28-2)30(26,27)14-7-5-6-13(10-14)19(25)23-20-22-18(12-29-20)16-11-21-17-9-4-3-8-15(16)17/h3-12,21H,1-2H3,(H,22,23,25). The number of aromatic amines is 1. The predicted octanol–water partition coefficient (Wildman–Crippen LogP) is 3.73. The molecule has 4 rings (SSSR count). The van der Waals surface area contributed by atoms with Crippen molar-refractivity contribution in [3.8, 4) is 11.3 Å². The lowest BCUT2D eigenvalue weighted by atomic mass is 10.1. The summed E-state index contributed by atoms with van der Waals surface area (Å²) >= 11 is 1.29. The Morgan fingerprint density at radius 3 is 2.80 bits per heavy atom. The highest BCUT2D eigenvalue weighted by molar-refractivity contribution is 7.89. The molecule has 0 aliphatic rings. The fourth-order valence-electron chi connectivity index (χ4n) is 2.95. The highest BCUT2D eigenvalue weighted by atomic mass is 32.2. The smallest absolute Gasteiger partial charge is 0.264 e. The van der Waals surface area contributed by atoms with Crippen molar-refractivity contribution in [1.29, 1.82) is 0 Å². The summed E-state index contributed by atoms with van der Waals surface area (Å²) in [5, 5.41) is 6.05. The number of nitrogens with one attached hydrogen (secondary N) is 2. The highest BCUT2D eigenvalue weighted by Crippen LogP contribution is 2.31. The van der Waals surface area contributed by atoms with Crippen LogP contribution in [-0.2, 0) is 14.9 Å². The molecule has 30 heavy (non-hydrogen) atoms. The van der Waals surface area contributed by atoms with Crippen molar-refractivity contribution in [3.05, 3.63) is 65.7 Å². The molecule has 0 atom stereocenters. The Kier molecular flexibility index (Phi) is 5.39. The Morgan fingerprint density at radius 1 is 1.20 bits per heavy atom. The molecule has 2 aromatic carbocycles. The number of H-pyrrole nitrogens is 1. The monoisotopic (exact) mass is 442 g/mol. The minimum atomic E-state index is -3.85. The summed E-state index contributed by atoms with van der Waals surface area (Å²) in [6.07, 6.45) is 1.88. The summed E-state index contributed by atoms with van der Waals surface area (Å²) in [6.45, 7) is 0. The number of hydroxylamine groups is 1. The first-order valence-corrected chi connectivity index (χ1v) is 11.2. The molecule has 2 heterocycles. The summed E-state index contributed by atoms with van der Waals surface area (Å²) in [5.41, 5.74) is 2.89. The van der Waals surface area contributed by atoms with Crippen molar-refractivity contribution in [2.75, 3.05) is 19.5 Å². The SMILES string of the molecule is CON(C)S(=O)(=O)c1cccc(C(=O)Nc2nc(-c3c[nH]c4ccccc34)cs2)c1. The molecule has 0 radical (unpaired) electrons. The van der Waals surface area contributed by atoms with Crippen LogP contribution in [0, 0.1) is 0 Å². The minimum Gasteiger partial charge on any atom is -0.360 e. The first-order valence-electron chi connectivity index (χ1n) is 8.86. The predicted molar refractivity (Wildman–Crippen MR) is 116 cm³/mol. The van der Waals surface area contributed by atoms with E-state index in [0.29, 0.717) is 5.13 Å². The summed E-state index contributed by atoms with van der Waals surface area (Å²) < 4.78 is 25.5. The van der Waals surface area contributed by atoms with Crippen LogP contribution in [0.1, 0.15) is 10.4 Å². The number of sulfonamides is 1. The number of anilines is 1. The van der Waals surface area contributed by atoms with E-state index in [9.17, 15) is 13.2 Å². The van der Waals surface area contributed by atoms with Crippen LogP contribution in [0.3, 0.4) is 0 Å². The van der Waals surface area contributed by atoms with Gasteiger partial charge in [0.2, 0.25) is 0 Å². The molecule has 0 aliphatic heterocycles. The molecule has 8 nitrogen and oxygen atoms in total. The van der Waals surface area contributed by atoms with Crippen molar-refractivity contribution in [3.63, 3.8) is 0 Å². The van der Waals surface area contributed by atoms with E-state index in [1.807, 2.05) is 35.8 Å². The third kappa shape index (κ3) is 3.73. The third-order valence-corrected chi connectivity index (χ3v) is 7.01. The summed E-state index contributed by atoms with van der Waals surface area (Å²) in [6, 6.07) is 13.6. The Hall–Kier alpha value is -3.05. The second kappa shape index (κ2) is 8.00. The molecule has 0 bridgehead atoms. The first kappa shape index (κ1) is 20.2. The molecule has 2 aromatic heterocycles. The molecule has 10 heteroatoms. The number of rotatable bonds is 6. The zero-order chi connectivity index (χ0) is 21.3. The third-order valence-electron chi connectivity index (χ3n) is 4.58. The number of benzene rings is 2. The molecular weight excluding hydrogens is 424 g/mol. The van der Waals surface area contributed by atoms with Gasteiger partial charge in [0.05, 0.1) is 17.7 Å². The summed E-state index contributed by atoms with van der Waals surface area (Å²) in [5.74, 6) is -0.452. The van der Waals surface area contributed by atoms with Gasteiger partial charge in [0.25, 0.3) is 15.9 Å². The molecule has 2 N–H and O–H groups in total. The zero-order valence-electron chi connectivity index (χ0n) is 16.1. The molecule has 0 spiro atoms. The van der Waals surface area contributed by atoms with Gasteiger partial charge in [0.1, 0.15) is 0 Å². The van der Waals surface area contributed by atoms with E-state index in [1.54, 1.807) is 0 Å². The van der Waals surface area contributed by atoms with E-state index >= 15 is 0 Å². The minimum absolute atomic E-state index is 0.0434. The highest BCUT2D eigenvalue weighted by Gasteiger charge is 2.22. The summed E-state index contributed by atoms with van der Waals surface area (Å²) in [4.78, 5) is 25.1. The molecular formula is C20H18N4O4S2. The number of hydrogen-bond donors (Lipinski definition) is 2. The molecule has 0 unspecified atom stereocenters. The van der Waals surface area contributed by atoms with E-state index in [1.165, 1.54) is 49.8 Å². The number of fused-ring (bicyclic) bond motifs is 1. The first-order chi connectivity index (χ1) is 14.4. The quantitative estimate of drug-likeness (QED) is 0.443. The van der Waals surface area contributed by atoms with Gasteiger partial charge in [-0.2, -0.15) is 0 Å². The van der Waals surface area contributed by atoms with Crippen molar-refractivity contribution in [2.24, 2.45) is 0 Å². The van der Waals surface area contributed by atoms with Crippen LogP contribution in [0.2, 0.25) is 0 Å². The Bertz CT molecular complexity index is 1330. The average molecular weight is 443 g/mol. The molecule has 1 amide bonds. The molecule has 0 saturated carbocycles. The van der Waals surface area contributed by atoms with Gasteiger partial charge in [0.15, 0.2) is 5.13 Å². The summed E-state index contributed by atoms with van der Waals surface area (Å²) in [7, 11) is -1.32. The Morgan fingerprint density at radius 2 is 2.00 bits per heavy atom. The van der Waals surface area contributed by atoms with E-state index in [2.05, 4.69) is 15.3 Å². The van der Waals surface area contributed by atoms with Crippen LogP contribution >= 0.6 is 11.3 Å². The van der Waals surface area contributed by atoms with Crippen molar-refractivity contribution in [2.45, 2.75) is 4.90 Å². The van der Waals surface area contributed by atoms with Gasteiger partial charge < -0.3 is 4.98 Å². The topological polar surface area (TPSA) is 104 Å². The lowest BCUT2D eigenvalue weighted by molar-refractivity contribution is -0.0258. The number of carbonyl (C=O) groups excluding carboxylic acids is 1. The molecule has 4 aromatic rings. The van der Waals surface area contributed by atoms with Crippen molar-refractivity contribution < 1.29 is 18.0 Å². The molecule has 0 aliphatic carbocycles. The van der Waals surface area contributed by atoms with E-state index in [-0.39, 0.29) is 10.5 Å². The number of amides is 1. The molecule has 0 fully saturated rings. The van der Waals surface area contributed by atoms with Gasteiger partial charge in [-0.15, -0.1) is 11.3 Å². The Labute approximate surface area is 177 Å². The van der Waals surface area contributed by atoms with Crippen molar-refractivity contribution in [1.82, 2.24) is 14.4 Å². The number of aromatic nitrogens is 2. The zero-order valence-corrected chi connectivity index (χ0v) is 17.8. The maximum atomic E-state index is 12.7. The number of carbonyl (C=O) groups is 1. The number of nitrogens with zero attached hydrogens (tertiary/aromatic N) is 2. The van der Waals surface area contributed by atoms with Crippen LogP contribution in [0.25, 0.3) is 22.2 Å². The van der Waals surface area contributed by atoms with Gasteiger partial charge in [-0.25, -0.2) is 13.4 Å². The van der Waals surface area contributed by atoms with Crippen LogP contribution in [-0.4, -0.2) is 42.9 Å². The second-order valence-corrected chi connectivity index (χ2v) is 9.16. The maximum Gasteiger partial charge on any atom is 0.264 e. The fraction of sp³-hybridized carbons (Fsp3) is 0.100. The normalized spacial score (nSPS) is 11.8. The molecule has 154 valence electrons. The van der Waals surface area contributed by atoms with Gasteiger partial charge in [-0.3, -0.25) is 14.9 Å². The van der Waals surface area contributed by atoms with Gasteiger partial charge in [-0.05, 0) is 24.3 Å². The van der Waals surface area contributed by atoms with Gasteiger partial charge >= 0.3 is 0 Å². The average Bonchev–Trinajstić information content (AvgIpc) is 3.39. The second-order valence-electron chi connectivity index (χ2n) is 6.37. The Balaban J connectivity index is 1.56. The lowest BCUT2D eigenvalue weighted by Crippen LogP contribution is -2.26. The number of hydrogen-bond acceptors (Lipinski definition) is 6. The van der Waals surface area contributed by atoms with E-state index in [0.717, 1.165) is 26.6 Å². The van der Waals surface area contributed by atoms with E-state index < -0.39 is 15.9 Å². The maximum absolute atomic E-state index is 12.7. The number of para-hydroxylation sites is 1. The van der Waals surface area contributed by atoms with E-state index in [4.69, 9.17) is 4.84 Å². The lowest BCUT2D eigenvalue weighted by Gasteiger charge is -2.14. The van der Waals surface area contributed by atoms with Crippen LogP contribution in [0.15, 0.2) is 65.0 Å². The molecule has 0 saturated heterocycles. The van der Waals surface area contributed by atoms with Crippen LogP contribution in [0.5, 0.6) is 0 Å².